The van der Waals surface area contributed by atoms with E-state index < -0.39 is 0 Å². The average molecular weight is 256 g/mol. The third-order valence-electron chi connectivity index (χ3n) is 3.56. The van der Waals surface area contributed by atoms with Crippen LogP contribution < -0.4 is 5.32 Å². The molecule has 0 heterocycles. The van der Waals surface area contributed by atoms with Crippen LogP contribution in [0.15, 0.2) is 18.2 Å². The highest BCUT2D eigenvalue weighted by Crippen LogP contribution is 2.29. The first-order valence-corrected chi connectivity index (χ1v) is 6.72. The molecule has 2 unspecified atom stereocenters. The third kappa shape index (κ3) is 3.60. The second-order valence-corrected chi connectivity index (χ2v) is 5.55. The molecule has 94 valence electrons. The van der Waals surface area contributed by atoms with Crippen LogP contribution in [0.25, 0.3) is 0 Å². The van der Waals surface area contributed by atoms with Gasteiger partial charge in [-0.15, -0.1) is 0 Å². The predicted octanol–water partition coefficient (Wildman–Crippen LogP) is 4.72. The van der Waals surface area contributed by atoms with Crippen LogP contribution >= 0.6 is 11.6 Å². The molecular formula is C14H19ClFN. The largest absolute Gasteiger partial charge is 0.385 e. The Morgan fingerprint density at radius 3 is 2.94 bits per heavy atom. The van der Waals surface area contributed by atoms with Gasteiger partial charge in [0.05, 0.1) is 5.02 Å². The van der Waals surface area contributed by atoms with Crippen LogP contribution in [0.2, 0.25) is 5.02 Å². The van der Waals surface area contributed by atoms with E-state index in [4.69, 9.17) is 11.6 Å². The summed E-state index contributed by atoms with van der Waals surface area (Å²) in [6.07, 6.45) is 5.28. The minimum absolute atomic E-state index is 0.187. The monoisotopic (exact) mass is 255 g/mol. The summed E-state index contributed by atoms with van der Waals surface area (Å²) in [5, 5.41) is 3.54. The first-order valence-electron chi connectivity index (χ1n) is 6.34. The summed E-state index contributed by atoms with van der Waals surface area (Å²) in [5.74, 6) is 1.22. The van der Waals surface area contributed by atoms with Gasteiger partial charge in [0.1, 0.15) is 5.82 Å². The smallest absolute Gasteiger partial charge is 0.141 e. The van der Waals surface area contributed by atoms with E-state index in [1.807, 2.05) is 0 Å². The summed E-state index contributed by atoms with van der Waals surface area (Å²) >= 11 is 5.74. The van der Waals surface area contributed by atoms with Crippen LogP contribution in [0, 0.1) is 17.7 Å². The van der Waals surface area contributed by atoms with Crippen molar-refractivity contribution in [2.45, 2.75) is 32.6 Å². The Morgan fingerprint density at radius 1 is 1.41 bits per heavy atom. The first-order chi connectivity index (χ1) is 8.15. The van der Waals surface area contributed by atoms with Crippen LogP contribution in [0.5, 0.6) is 0 Å². The van der Waals surface area contributed by atoms with Gasteiger partial charge in [0, 0.05) is 12.2 Å². The minimum atomic E-state index is -0.358. The lowest BCUT2D eigenvalue weighted by molar-refractivity contribution is 0.293. The summed E-state index contributed by atoms with van der Waals surface area (Å²) in [4.78, 5) is 0. The number of hydrogen-bond acceptors (Lipinski definition) is 1. The predicted molar refractivity (Wildman–Crippen MR) is 71.0 cm³/mol. The molecule has 0 spiro atoms. The fraction of sp³-hybridized carbons (Fsp3) is 0.571. The summed E-state index contributed by atoms with van der Waals surface area (Å²) in [6.45, 7) is 3.28. The number of benzene rings is 1. The molecule has 0 bridgehead atoms. The van der Waals surface area contributed by atoms with E-state index in [0.717, 1.165) is 24.1 Å². The third-order valence-corrected chi connectivity index (χ3v) is 3.85. The van der Waals surface area contributed by atoms with Crippen LogP contribution in [0.3, 0.4) is 0 Å². The van der Waals surface area contributed by atoms with E-state index in [-0.39, 0.29) is 10.8 Å². The number of nitrogens with one attached hydrogen (secondary N) is 1. The molecule has 0 saturated heterocycles. The molecule has 1 saturated carbocycles. The van der Waals surface area contributed by atoms with Crippen molar-refractivity contribution >= 4 is 17.3 Å². The number of halogens is 2. The van der Waals surface area contributed by atoms with E-state index in [1.165, 1.54) is 31.7 Å². The van der Waals surface area contributed by atoms with Crippen molar-refractivity contribution in [1.82, 2.24) is 0 Å². The number of anilines is 1. The molecule has 1 nitrogen and oxygen atoms in total. The molecule has 1 aromatic rings. The second-order valence-electron chi connectivity index (χ2n) is 5.15. The zero-order valence-electron chi connectivity index (χ0n) is 10.2. The van der Waals surface area contributed by atoms with Gasteiger partial charge in [-0.1, -0.05) is 31.4 Å². The van der Waals surface area contributed by atoms with Gasteiger partial charge in [0.25, 0.3) is 0 Å². The summed E-state index contributed by atoms with van der Waals surface area (Å²) in [7, 11) is 0. The van der Waals surface area contributed by atoms with Gasteiger partial charge in [-0.05, 0) is 42.9 Å². The SMILES string of the molecule is CC1CCCC(CNc2ccc(F)c(Cl)c2)C1. The first kappa shape index (κ1) is 12.7. The highest BCUT2D eigenvalue weighted by atomic mass is 35.5. The Labute approximate surface area is 107 Å². The zero-order valence-corrected chi connectivity index (χ0v) is 10.9. The molecule has 2 atom stereocenters. The van der Waals surface area contributed by atoms with Crippen molar-refractivity contribution in [1.29, 1.82) is 0 Å². The maximum Gasteiger partial charge on any atom is 0.141 e. The van der Waals surface area contributed by atoms with E-state index in [0.29, 0.717) is 0 Å². The molecular weight excluding hydrogens is 237 g/mol. The molecule has 1 aliphatic carbocycles. The zero-order chi connectivity index (χ0) is 12.3. The van der Waals surface area contributed by atoms with Crippen molar-refractivity contribution in [2.24, 2.45) is 11.8 Å². The average Bonchev–Trinajstić information content (AvgIpc) is 2.31. The van der Waals surface area contributed by atoms with E-state index in [2.05, 4.69) is 12.2 Å². The van der Waals surface area contributed by atoms with E-state index >= 15 is 0 Å². The summed E-state index contributed by atoms with van der Waals surface area (Å²) < 4.78 is 13.0. The Bertz CT molecular complexity index is 380. The molecule has 0 aromatic heterocycles. The maximum atomic E-state index is 13.0. The lowest BCUT2D eigenvalue weighted by atomic mass is 9.82. The normalized spacial score (nSPS) is 24.6. The van der Waals surface area contributed by atoms with Crippen LogP contribution in [-0.2, 0) is 0 Å². The fourth-order valence-electron chi connectivity index (χ4n) is 2.61. The van der Waals surface area contributed by atoms with Gasteiger partial charge < -0.3 is 5.32 Å². The summed E-state index contributed by atoms with van der Waals surface area (Å²) in [6, 6.07) is 4.81. The highest BCUT2D eigenvalue weighted by Gasteiger charge is 2.18. The van der Waals surface area contributed by atoms with Crippen LogP contribution in [-0.4, -0.2) is 6.54 Å². The molecule has 0 radical (unpaired) electrons. The van der Waals surface area contributed by atoms with Crippen molar-refractivity contribution in [3.63, 3.8) is 0 Å². The topological polar surface area (TPSA) is 12.0 Å². The van der Waals surface area contributed by atoms with E-state index in [1.54, 1.807) is 12.1 Å². The highest BCUT2D eigenvalue weighted by molar-refractivity contribution is 6.31. The second kappa shape index (κ2) is 5.72. The molecule has 1 N–H and O–H groups in total. The Balaban J connectivity index is 1.86. The van der Waals surface area contributed by atoms with E-state index in [9.17, 15) is 4.39 Å². The Hall–Kier alpha value is -0.760. The molecule has 17 heavy (non-hydrogen) atoms. The Kier molecular flexibility index (Phi) is 4.27. The van der Waals surface area contributed by atoms with Gasteiger partial charge in [-0.2, -0.15) is 0 Å². The lowest BCUT2D eigenvalue weighted by Crippen LogP contribution is -2.20. The van der Waals surface area contributed by atoms with Crippen LogP contribution in [0.1, 0.15) is 32.6 Å². The van der Waals surface area contributed by atoms with Gasteiger partial charge in [0.15, 0.2) is 0 Å². The standard InChI is InChI=1S/C14H19ClFN/c1-10-3-2-4-11(7-10)9-17-12-5-6-14(16)13(15)8-12/h5-6,8,10-11,17H,2-4,7,9H2,1H3. The number of hydrogen-bond donors (Lipinski definition) is 1. The quantitative estimate of drug-likeness (QED) is 0.824. The van der Waals surface area contributed by atoms with Crippen molar-refractivity contribution in [3.8, 4) is 0 Å². The van der Waals surface area contributed by atoms with Crippen LogP contribution in [0.4, 0.5) is 10.1 Å². The molecule has 1 aromatic carbocycles. The maximum absolute atomic E-state index is 13.0. The van der Waals surface area contributed by atoms with Gasteiger partial charge >= 0.3 is 0 Å². The van der Waals surface area contributed by atoms with Gasteiger partial charge in [0.2, 0.25) is 0 Å². The molecule has 0 aliphatic heterocycles. The fourth-order valence-corrected chi connectivity index (χ4v) is 2.79. The Morgan fingerprint density at radius 2 is 2.24 bits per heavy atom. The van der Waals surface area contributed by atoms with Gasteiger partial charge in [-0.3, -0.25) is 0 Å². The molecule has 2 rings (SSSR count). The molecule has 1 aliphatic rings. The lowest BCUT2D eigenvalue weighted by Gasteiger charge is -2.27. The molecule has 3 heteroatoms. The molecule has 0 amide bonds. The summed E-state index contributed by atoms with van der Waals surface area (Å²) in [5.41, 5.74) is 0.912. The molecule has 1 fully saturated rings. The van der Waals surface area contributed by atoms with Crippen molar-refractivity contribution in [2.75, 3.05) is 11.9 Å². The number of rotatable bonds is 3. The van der Waals surface area contributed by atoms with Crippen molar-refractivity contribution in [3.05, 3.63) is 29.0 Å². The van der Waals surface area contributed by atoms with Crippen molar-refractivity contribution < 1.29 is 4.39 Å². The van der Waals surface area contributed by atoms with Gasteiger partial charge in [-0.25, -0.2) is 4.39 Å². The minimum Gasteiger partial charge on any atom is -0.385 e.